The summed E-state index contributed by atoms with van der Waals surface area (Å²) in [5.41, 5.74) is -0.251. The fourth-order valence-corrected chi connectivity index (χ4v) is 1.09. The molecule has 2 nitrogen and oxygen atoms in total. The quantitative estimate of drug-likeness (QED) is 0.525. The molecule has 0 radical (unpaired) electrons. The normalized spacial score (nSPS) is 11.9. The second-order valence-electron chi connectivity index (χ2n) is 5.03. The van der Waals surface area contributed by atoms with Gasteiger partial charge in [-0.2, -0.15) is 0 Å². The van der Waals surface area contributed by atoms with Gasteiger partial charge in [0.2, 0.25) is 5.78 Å². The highest BCUT2D eigenvalue weighted by molar-refractivity contribution is 5.97. The topological polar surface area (TPSA) is 20.3 Å². The molecule has 0 bridgehead atoms. The second kappa shape index (κ2) is 5.32. The Morgan fingerprint density at radius 2 is 1.67 bits per heavy atom. The van der Waals surface area contributed by atoms with Gasteiger partial charge in [-0.1, -0.05) is 19.8 Å². The molecule has 0 aromatic rings. The summed E-state index contributed by atoms with van der Waals surface area (Å²) in [6, 6.07) is 0.420. The minimum atomic E-state index is -0.251. The van der Waals surface area contributed by atoms with Crippen LogP contribution in [0, 0.1) is 17.8 Å². The van der Waals surface area contributed by atoms with Crippen LogP contribution >= 0.6 is 0 Å². The van der Waals surface area contributed by atoms with E-state index in [0.717, 1.165) is 0 Å². The van der Waals surface area contributed by atoms with E-state index in [2.05, 4.69) is 30.6 Å². The zero-order chi connectivity index (χ0) is 12.2. The molecule has 0 saturated carbocycles. The van der Waals surface area contributed by atoms with Crippen molar-refractivity contribution in [1.82, 2.24) is 4.90 Å². The van der Waals surface area contributed by atoms with Gasteiger partial charge in [-0.05, 0) is 40.7 Å². The van der Waals surface area contributed by atoms with E-state index in [4.69, 9.17) is 0 Å². The summed E-state index contributed by atoms with van der Waals surface area (Å²) in [4.78, 5) is 13.6. The first-order valence-corrected chi connectivity index (χ1v) is 5.48. The van der Waals surface area contributed by atoms with Crippen molar-refractivity contribution in [3.05, 3.63) is 0 Å². The maximum Gasteiger partial charge on any atom is 0.208 e. The molecule has 15 heavy (non-hydrogen) atoms. The first-order chi connectivity index (χ1) is 6.68. The van der Waals surface area contributed by atoms with Crippen molar-refractivity contribution in [3.8, 4) is 11.8 Å². The average Bonchev–Trinajstić information content (AvgIpc) is 2.12. The number of hydrogen-bond donors (Lipinski definition) is 0. The lowest BCUT2D eigenvalue weighted by Crippen LogP contribution is -2.44. The highest BCUT2D eigenvalue weighted by Gasteiger charge is 2.23. The van der Waals surface area contributed by atoms with Crippen molar-refractivity contribution < 1.29 is 4.79 Å². The van der Waals surface area contributed by atoms with Crippen LogP contribution in [0.15, 0.2) is 0 Å². The van der Waals surface area contributed by atoms with E-state index in [1.54, 1.807) is 0 Å². The van der Waals surface area contributed by atoms with Crippen LogP contribution in [0.25, 0.3) is 0 Å². The monoisotopic (exact) mass is 209 g/mol. The highest BCUT2D eigenvalue weighted by Crippen LogP contribution is 2.13. The SMILES string of the molecule is CC(C)C(=O)C#CC(C)(C)N(C)C(C)C. The lowest BCUT2D eigenvalue weighted by molar-refractivity contribution is -0.116. The van der Waals surface area contributed by atoms with Crippen molar-refractivity contribution >= 4 is 5.78 Å². The average molecular weight is 209 g/mol. The fraction of sp³-hybridized carbons (Fsp3) is 0.769. The highest BCUT2D eigenvalue weighted by atomic mass is 16.1. The molecule has 0 amide bonds. The Morgan fingerprint density at radius 3 is 2.00 bits per heavy atom. The van der Waals surface area contributed by atoms with Crippen molar-refractivity contribution in [2.75, 3.05) is 7.05 Å². The predicted molar refractivity (Wildman–Crippen MR) is 64.6 cm³/mol. The molecular formula is C13H23NO. The molecule has 0 aromatic carbocycles. The standard InChI is InChI=1S/C13H23NO/c1-10(2)12(15)8-9-13(5,6)14(7)11(3)4/h10-11H,1-7H3. The van der Waals surface area contributed by atoms with Gasteiger partial charge in [0.1, 0.15) is 0 Å². The number of nitrogens with zero attached hydrogens (tertiary/aromatic N) is 1. The summed E-state index contributed by atoms with van der Waals surface area (Å²) in [5, 5.41) is 0. The number of Topliss-reactive ketones (excluding diaryl/α,β-unsaturated/α-hetero) is 1. The third-order valence-corrected chi connectivity index (χ3v) is 2.67. The fourth-order valence-electron chi connectivity index (χ4n) is 1.09. The molecule has 0 unspecified atom stereocenters. The number of carbonyl (C=O) groups is 1. The van der Waals surface area contributed by atoms with Crippen LogP contribution in [0.2, 0.25) is 0 Å². The molecule has 2 heteroatoms. The van der Waals surface area contributed by atoms with Crippen molar-refractivity contribution in [2.45, 2.75) is 53.1 Å². The van der Waals surface area contributed by atoms with Crippen molar-refractivity contribution in [1.29, 1.82) is 0 Å². The minimum absolute atomic E-state index is 0.00217. The van der Waals surface area contributed by atoms with E-state index in [1.807, 2.05) is 34.7 Å². The Morgan fingerprint density at radius 1 is 1.20 bits per heavy atom. The number of hydrogen-bond acceptors (Lipinski definition) is 2. The lowest BCUT2D eigenvalue weighted by Gasteiger charge is -2.34. The van der Waals surface area contributed by atoms with Gasteiger partial charge in [-0.3, -0.25) is 9.69 Å². The summed E-state index contributed by atoms with van der Waals surface area (Å²) in [6.45, 7) is 12.1. The molecule has 0 atom stereocenters. The Hall–Kier alpha value is -0.810. The van der Waals surface area contributed by atoms with Crippen LogP contribution in [0.5, 0.6) is 0 Å². The zero-order valence-electron chi connectivity index (χ0n) is 11.0. The third kappa shape index (κ3) is 4.48. The largest absolute Gasteiger partial charge is 0.288 e. The van der Waals surface area contributed by atoms with E-state index in [-0.39, 0.29) is 17.2 Å². The first-order valence-electron chi connectivity index (χ1n) is 5.48. The molecule has 0 aliphatic rings. The molecule has 0 rings (SSSR count). The maximum atomic E-state index is 11.4. The van der Waals surface area contributed by atoms with Crippen LogP contribution in [0.1, 0.15) is 41.5 Å². The van der Waals surface area contributed by atoms with Gasteiger partial charge in [0, 0.05) is 12.0 Å². The van der Waals surface area contributed by atoms with Crippen LogP contribution < -0.4 is 0 Å². The number of rotatable bonds is 3. The van der Waals surface area contributed by atoms with E-state index >= 15 is 0 Å². The first kappa shape index (κ1) is 14.2. The Labute approximate surface area is 94.0 Å². The van der Waals surface area contributed by atoms with Crippen LogP contribution in [-0.4, -0.2) is 29.3 Å². The summed E-state index contributed by atoms with van der Waals surface area (Å²) in [6.07, 6.45) is 0. The molecule has 0 saturated heterocycles. The molecule has 86 valence electrons. The predicted octanol–water partition coefficient (Wildman–Crippen LogP) is 2.33. The van der Waals surface area contributed by atoms with Crippen LogP contribution in [-0.2, 0) is 4.79 Å². The van der Waals surface area contributed by atoms with E-state index < -0.39 is 0 Å². The van der Waals surface area contributed by atoms with Gasteiger partial charge in [0.25, 0.3) is 0 Å². The molecule has 0 spiro atoms. The molecule has 0 N–H and O–H groups in total. The summed E-state index contributed by atoms with van der Waals surface area (Å²) in [7, 11) is 2.03. The third-order valence-electron chi connectivity index (χ3n) is 2.67. The van der Waals surface area contributed by atoms with E-state index in [9.17, 15) is 4.79 Å². The number of carbonyl (C=O) groups excluding carboxylic acids is 1. The summed E-state index contributed by atoms with van der Waals surface area (Å²) >= 11 is 0. The van der Waals surface area contributed by atoms with E-state index in [0.29, 0.717) is 6.04 Å². The van der Waals surface area contributed by atoms with Gasteiger partial charge >= 0.3 is 0 Å². The Bertz CT molecular complexity index is 279. The van der Waals surface area contributed by atoms with Gasteiger partial charge in [0.15, 0.2) is 0 Å². The molecule has 0 aliphatic carbocycles. The van der Waals surface area contributed by atoms with Crippen LogP contribution in [0.3, 0.4) is 0 Å². The van der Waals surface area contributed by atoms with Crippen molar-refractivity contribution in [2.24, 2.45) is 5.92 Å². The zero-order valence-corrected chi connectivity index (χ0v) is 11.0. The maximum absolute atomic E-state index is 11.4. The van der Waals surface area contributed by atoms with Crippen LogP contribution in [0.4, 0.5) is 0 Å². The summed E-state index contributed by atoms with van der Waals surface area (Å²) in [5.74, 6) is 5.79. The molecular weight excluding hydrogens is 186 g/mol. The second-order valence-corrected chi connectivity index (χ2v) is 5.03. The Kier molecular flexibility index (Phi) is 5.03. The molecule has 0 heterocycles. The number of ketones is 1. The Balaban J connectivity index is 4.69. The van der Waals surface area contributed by atoms with Gasteiger partial charge in [0.05, 0.1) is 5.54 Å². The molecule has 0 aromatic heterocycles. The summed E-state index contributed by atoms with van der Waals surface area (Å²) < 4.78 is 0. The van der Waals surface area contributed by atoms with Crippen molar-refractivity contribution in [3.63, 3.8) is 0 Å². The molecule has 0 aliphatic heterocycles. The lowest BCUT2D eigenvalue weighted by atomic mass is 10.0. The van der Waals surface area contributed by atoms with Gasteiger partial charge in [-0.15, -0.1) is 0 Å². The van der Waals surface area contributed by atoms with E-state index in [1.165, 1.54) is 0 Å². The minimum Gasteiger partial charge on any atom is -0.288 e. The molecule has 0 fully saturated rings. The van der Waals surface area contributed by atoms with Gasteiger partial charge in [-0.25, -0.2) is 0 Å². The van der Waals surface area contributed by atoms with Gasteiger partial charge < -0.3 is 0 Å². The smallest absolute Gasteiger partial charge is 0.208 e.